The molecule has 2 aromatic carbocycles. The van der Waals surface area contributed by atoms with E-state index in [9.17, 15) is 9.18 Å². The van der Waals surface area contributed by atoms with Crippen molar-refractivity contribution in [2.75, 3.05) is 51.8 Å². The average molecular weight is 371 g/mol. The van der Waals surface area contributed by atoms with Crippen molar-refractivity contribution in [3.8, 4) is 5.75 Å². The predicted octanol–water partition coefficient (Wildman–Crippen LogP) is 2.61. The predicted molar refractivity (Wildman–Crippen MR) is 105 cm³/mol. The summed E-state index contributed by atoms with van der Waals surface area (Å²) in [5.74, 6) is 0.704. The van der Waals surface area contributed by atoms with Crippen LogP contribution in [0.25, 0.3) is 0 Å². The molecule has 1 amide bonds. The number of carbonyl (C=O) groups is 1. The number of nitrogens with zero attached hydrogens (tertiary/aromatic N) is 3. The molecule has 0 radical (unpaired) electrons. The minimum absolute atomic E-state index is 0.112. The molecule has 1 saturated heterocycles. The van der Waals surface area contributed by atoms with Gasteiger partial charge in [-0.3, -0.25) is 9.69 Å². The van der Waals surface area contributed by atoms with Crippen molar-refractivity contribution in [2.45, 2.75) is 6.54 Å². The van der Waals surface area contributed by atoms with E-state index in [2.05, 4.69) is 9.80 Å². The molecule has 0 spiro atoms. The molecule has 0 saturated carbocycles. The molecular weight excluding hydrogens is 345 g/mol. The summed E-state index contributed by atoms with van der Waals surface area (Å²) >= 11 is 0. The van der Waals surface area contributed by atoms with Gasteiger partial charge in [0.05, 0.1) is 13.7 Å². The van der Waals surface area contributed by atoms with Gasteiger partial charge in [-0.05, 0) is 42.0 Å². The zero-order chi connectivity index (χ0) is 19.2. The number of hydrogen-bond acceptors (Lipinski definition) is 4. The van der Waals surface area contributed by atoms with Crippen molar-refractivity contribution in [1.82, 2.24) is 9.80 Å². The quantitative estimate of drug-likeness (QED) is 0.782. The summed E-state index contributed by atoms with van der Waals surface area (Å²) in [7, 11) is 3.47. The number of amides is 1. The zero-order valence-electron chi connectivity index (χ0n) is 15.9. The number of rotatable bonds is 6. The van der Waals surface area contributed by atoms with Gasteiger partial charge in [-0.15, -0.1) is 0 Å². The van der Waals surface area contributed by atoms with Crippen LogP contribution in [-0.2, 0) is 11.3 Å². The Balaban J connectivity index is 1.46. The lowest BCUT2D eigenvalue weighted by Gasteiger charge is -2.36. The van der Waals surface area contributed by atoms with Crippen molar-refractivity contribution in [3.05, 3.63) is 59.9 Å². The maximum atomic E-state index is 13.1. The number of benzene rings is 2. The molecule has 0 atom stereocenters. The molecule has 144 valence electrons. The Labute approximate surface area is 159 Å². The van der Waals surface area contributed by atoms with Gasteiger partial charge in [0.2, 0.25) is 5.91 Å². The molecule has 0 aromatic heterocycles. The van der Waals surface area contributed by atoms with E-state index in [1.165, 1.54) is 12.1 Å². The summed E-state index contributed by atoms with van der Waals surface area (Å²) in [6.45, 7) is 4.31. The summed E-state index contributed by atoms with van der Waals surface area (Å²) in [5, 5.41) is 0. The van der Waals surface area contributed by atoms with Crippen LogP contribution in [0.4, 0.5) is 10.1 Å². The third-order valence-electron chi connectivity index (χ3n) is 4.93. The summed E-state index contributed by atoms with van der Waals surface area (Å²) < 4.78 is 18.2. The third-order valence-corrected chi connectivity index (χ3v) is 4.93. The molecular formula is C21H26FN3O2. The first kappa shape index (κ1) is 19.2. The van der Waals surface area contributed by atoms with E-state index in [4.69, 9.17) is 4.74 Å². The molecule has 0 unspecified atom stereocenters. The van der Waals surface area contributed by atoms with Gasteiger partial charge in [0.1, 0.15) is 11.6 Å². The second kappa shape index (κ2) is 8.86. The number of piperazine rings is 1. The summed E-state index contributed by atoms with van der Waals surface area (Å²) in [5.41, 5.74) is 2.10. The second-order valence-electron chi connectivity index (χ2n) is 6.84. The van der Waals surface area contributed by atoms with Crippen LogP contribution in [0, 0.1) is 5.82 Å². The van der Waals surface area contributed by atoms with Crippen molar-refractivity contribution < 1.29 is 13.9 Å². The molecule has 1 heterocycles. The highest BCUT2D eigenvalue weighted by molar-refractivity contribution is 5.78. The minimum atomic E-state index is -0.220. The van der Waals surface area contributed by atoms with Crippen LogP contribution in [0.15, 0.2) is 48.5 Å². The number of ether oxygens (including phenoxy) is 1. The van der Waals surface area contributed by atoms with Crippen LogP contribution in [0.2, 0.25) is 0 Å². The van der Waals surface area contributed by atoms with Crippen molar-refractivity contribution in [3.63, 3.8) is 0 Å². The number of hydrogen-bond donors (Lipinski definition) is 0. The first-order valence-electron chi connectivity index (χ1n) is 9.15. The van der Waals surface area contributed by atoms with Gasteiger partial charge in [0, 0.05) is 45.5 Å². The topological polar surface area (TPSA) is 36.0 Å². The Morgan fingerprint density at radius 1 is 1.04 bits per heavy atom. The highest BCUT2D eigenvalue weighted by Crippen LogP contribution is 2.17. The fraction of sp³-hybridized carbons (Fsp3) is 0.381. The van der Waals surface area contributed by atoms with Gasteiger partial charge in [-0.25, -0.2) is 4.39 Å². The van der Waals surface area contributed by atoms with Gasteiger partial charge in [0.25, 0.3) is 0 Å². The van der Waals surface area contributed by atoms with E-state index in [1.54, 1.807) is 24.1 Å². The zero-order valence-corrected chi connectivity index (χ0v) is 15.9. The fourth-order valence-corrected chi connectivity index (χ4v) is 3.22. The van der Waals surface area contributed by atoms with Gasteiger partial charge in [-0.2, -0.15) is 0 Å². The maximum absolute atomic E-state index is 13.1. The monoisotopic (exact) mass is 371 g/mol. The van der Waals surface area contributed by atoms with Gasteiger partial charge in [-0.1, -0.05) is 12.1 Å². The van der Waals surface area contributed by atoms with E-state index >= 15 is 0 Å². The van der Waals surface area contributed by atoms with Crippen LogP contribution < -0.4 is 9.64 Å². The van der Waals surface area contributed by atoms with Crippen molar-refractivity contribution >= 4 is 11.6 Å². The Morgan fingerprint density at radius 2 is 1.67 bits per heavy atom. The first-order chi connectivity index (χ1) is 13.0. The Hall–Kier alpha value is -2.60. The molecule has 2 aromatic rings. The Morgan fingerprint density at radius 3 is 2.26 bits per heavy atom. The maximum Gasteiger partial charge on any atom is 0.236 e. The van der Waals surface area contributed by atoms with Crippen molar-refractivity contribution in [2.24, 2.45) is 0 Å². The molecule has 3 rings (SSSR count). The van der Waals surface area contributed by atoms with E-state index in [-0.39, 0.29) is 11.7 Å². The van der Waals surface area contributed by atoms with E-state index in [0.29, 0.717) is 13.1 Å². The minimum Gasteiger partial charge on any atom is -0.497 e. The molecule has 1 fully saturated rings. The highest BCUT2D eigenvalue weighted by Gasteiger charge is 2.20. The SMILES string of the molecule is COc1ccc(CN(C)C(=O)CN2CCN(c3ccc(F)cc3)CC2)cc1. The summed E-state index contributed by atoms with van der Waals surface area (Å²) in [6, 6.07) is 14.3. The number of methoxy groups -OCH3 is 1. The lowest BCUT2D eigenvalue weighted by molar-refractivity contribution is -0.131. The third kappa shape index (κ3) is 5.20. The Bertz CT molecular complexity index is 741. The molecule has 1 aliphatic rings. The molecule has 0 bridgehead atoms. The first-order valence-corrected chi connectivity index (χ1v) is 9.15. The number of halogens is 1. The van der Waals surface area contributed by atoms with Gasteiger partial charge < -0.3 is 14.5 Å². The molecule has 1 aliphatic heterocycles. The van der Waals surface area contributed by atoms with Crippen LogP contribution in [0.1, 0.15) is 5.56 Å². The van der Waals surface area contributed by atoms with Crippen LogP contribution in [-0.4, -0.2) is 62.6 Å². The second-order valence-corrected chi connectivity index (χ2v) is 6.84. The Kier molecular flexibility index (Phi) is 6.29. The van der Waals surface area contributed by atoms with Crippen LogP contribution in [0.3, 0.4) is 0 Å². The highest BCUT2D eigenvalue weighted by atomic mass is 19.1. The summed E-state index contributed by atoms with van der Waals surface area (Å²) in [4.78, 5) is 18.7. The molecule has 0 aliphatic carbocycles. The van der Waals surface area contributed by atoms with Crippen LogP contribution >= 0.6 is 0 Å². The lowest BCUT2D eigenvalue weighted by atomic mass is 10.2. The smallest absolute Gasteiger partial charge is 0.236 e. The molecule has 6 heteroatoms. The molecule has 0 N–H and O–H groups in total. The van der Waals surface area contributed by atoms with E-state index in [1.807, 2.05) is 31.3 Å². The summed E-state index contributed by atoms with van der Waals surface area (Å²) in [6.07, 6.45) is 0. The van der Waals surface area contributed by atoms with E-state index < -0.39 is 0 Å². The van der Waals surface area contributed by atoms with Crippen molar-refractivity contribution in [1.29, 1.82) is 0 Å². The van der Waals surface area contributed by atoms with Crippen LogP contribution in [0.5, 0.6) is 5.75 Å². The number of likely N-dealkylation sites (N-methyl/N-ethyl adjacent to an activating group) is 1. The molecule has 5 nitrogen and oxygen atoms in total. The average Bonchev–Trinajstić information content (AvgIpc) is 2.70. The van der Waals surface area contributed by atoms with Gasteiger partial charge in [0.15, 0.2) is 0 Å². The van der Waals surface area contributed by atoms with Gasteiger partial charge >= 0.3 is 0 Å². The lowest BCUT2D eigenvalue weighted by Crippen LogP contribution is -2.49. The normalized spacial score (nSPS) is 14.9. The number of carbonyl (C=O) groups excluding carboxylic acids is 1. The largest absolute Gasteiger partial charge is 0.497 e. The standard InChI is InChI=1S/C21H26FN3O2/c1-23(15-17-3-9-20(27-2)10-4-17)21(26)16-24-11-13-25(14-12-24)19-7-5-18(22)6-8-19/h3-10H,11-16H2,1-2H3. The van der Waals surface area contributed by atoms with E-state index in [0.717, 1.165) is 43.2 Å². The fourth-order valence-electron chi connectivity index (χ4n) is 3.22. The molecule has 27 heavy (non-hydrogen) atoms. The number of anilines is 1.